The fraction of sp³-hybridized carbons (Fsp3) is 0.741. The van der Waals surface area contributed by atoms with Crippen LogP contribution in [0.1, 0.15) is 84.3 Å². The lowest BCUT2D eigenvalue weighted by atomic mass is 9.73. The lowest BCUT2D eigenvalue weighted by Gasteiger charge is -2.34. The largest absolute Gasteiger partial charge is 0.458 e. The van der Waals surface area contributed by atoms with Crippen LogP contribution in [0.4, 0.5) is 0 Å². The summed E-state index contributed by atoms with van der Waals surface area (Å²) < 4.78 is 11.9. The van der Waals surface area contributed by atoms with E-state index in [0.29, 0.717) is 17.1 Å². The third kappa shape index (κ3) is 6.61. The number of epoxide rings is 1. The van der Waals surface area contributed by atoms with Gasteiger partial charge in [-0.2, -0.15) is 0 Å². The SMILES string of the molecule is C/C(=C\c1csc(CO)n1)[C@@H]1C[C@H]2O[C@@]2(C)CCC[C@H](C)[C@H](O)[C@@H](C)C(=O)C(C)(C)[C@@H](O)CC(=O)O1. The van der Waals surface area contributed by atoms with Crippen LogP contribution < -0.4 is 0 Å². The molecule has 3 N–H and O–H groups in total. The number of Topliss-reactive ketones (excluding diaryl/α,β-unsaturated/α-hetero) is 1. The zero-order valence-corrected chi connectivity index (χ0v) is 23.0. The van der Waals surface area contributed by atoms with Gasteiger partial charge in [0, 0.05) is 17.7 Å². The van der Waals surface area contributed by atoms with E-state index in [1.807, 2.05) is 32.2 Å². The molecule has 2 fully saturated rings. The van der Waals surface area contributed by atoms with Gasteiger partial charge in [-0.3, -0.25) is 9.59 Å². The van der Waals surface area contributed by atoms with E-state index in [1.54, 1.807) is 20.8 Å². The Balaban J connectivity index is 1.85. The number of rotatable bonds is 3. The zero-order chi connectivity index (χ0) is 26.8. The Hall–Kier alpha value is -1.65. The first-order valence-electron chi connectivity index (χ1n) is 12.8. The second-order valence-electron chi connectivity index (χ2n) is 11.3. The molecular formula is C27H41NO7S. The number of aliphatic hydroxyl groups excluding tert-OH is 3. The van der Waals surface area contributed by atoms with Crippen molar-refractivity contribution in [2.75, 3.05) is 0 Å². The van der Waals surface area contributed by atoms with E-state index < -0.39 is 35.6 Å². The molecule has 0 amide bonds. The average molecular weight is 524 g/mol. The number of hydrogen-bond acceptors (Lipinski definition) is 9. The number of fused-ring (bicyclic) bond motifs is 1. The van der Waals surface area contributed by atoms with Crippen LogP contribution in [0.25, 0.3) is 6.08 Å². The van der Waals surface area contributed by atoms with Crippen LogP contribution in [-0.2, 0) is 25.7 Å². The van der Waals surface area contributed by atoms with Crippen molar-refractivity contribution in [1.29, 1.82) is 0 Å². The third-order valence-corrected chi connectivity index (χ3v) is 8.85. The summed E-state index contributed by atoms with van der Waals surface area (Å²) in [6.45, 7) is 10.6. The molecule has 0 aromatic carbocycles. The molecule has 2 aliphatic heterocycles. The normalized spacial score (nSPS) is 36.8. The predicted molar refractivity (Wildman–Crippen MR) is 137 cm³/mol. The Morgan fingerprint density at radius 2 is 1.94 bits per heavy atom. The number of carbonyl (C=O) groups is 2. The summed E-state index contributed by atoms with van der Waals surface area (Å²) in [5, 5.41) is 33.4. The van der Waals surface area contributed by atoms with Gasteiger partial charge in [0.1, 0.15) is 16.9 Å². The van der Waals surface area contributed by atoms with E-state index in [4.69, 9.17) is 9.47 Å². The maximum absolute atomic E-state index is 13.2. The topological polar surface area (TPSA) is 129 Å². The van der Waals surface area contributed by atoms with Gasteiger partial charge < -0.3 is 24.8 Å². The molecule has 0 saturated carbocycles. The summed E-state index contributed by atoms with van der Waals surface area (Å²) in [6, 6.07) is 0. The van der Waals surface area contributed by atoms with Crippen molar-refractivity contribution >= 4 is 29.2 Å². The smallest absolute Gasteiger partial charge is 0.309 e. The maximum Gasteiger partial charge on any atom is 0.309 e. The average Bonchev–Trinajstić information content (AvgIpc) is 3.23. The highest BCUT2D eigenvalue weighted by Crippen LogP contribution is 2.45. The van der Waals surface area contributed by atoms with E-state index in [1.165, 1.54) is 11.3 Å². The lowest BCUT2D eigenvalue weighted by molar-refractivity contribution is -0.154. The fourth-order valence-electron chi connectivity index (χ4n) is 5.08. The van der Waals surface area contributed by atoms with E-state index >= 15 is 0 Å². The van der Waals surface area contributed by atoms with Crippen LogP contribution in [0.3, 0.4) is 0 Å². The van der Waals surface area contributed by atoms with Crippen LogP contribution in [0.2, 0.25) is 0 Å². The highest BCUT2D eigenvalue weighted by molar-refractivity contribution is 7.09. The maximum atomic E-state index is 13.2. The van der Waals surface area contributed by atoms with Crippen LogP contribution in [0.15, 0.2) is 11.0 Å². The van der Waals surface area contributed by atoms with E-state index in [-0.39, 0.29) is 36.4 Å². The number of nitrogens with zero attached hydrogens (tertiary/aromatic N) is 1. The number of ether oxygens (including phenoxy) is 2. The third-order valence-electron chi connectivity index (χ3n) is 8.00. The van der Waals surface area contributed by atoms with Crippen molar-refractivity contribution < 1.29 is 34.4 Å². The Morgan fingerprint density at radius 3 is 2.58 bits per heavy atom. The number of aromatic nitrogens is 1. The molecule has 0 bridgehead atoms. The molecule has 7 atom stereocenters. The summed E-state index contributed by atoms with van der Waals surface area (Å²) in [7, 11) is 0. The summed E-state index contributed by atoms with van der Waals surface area (Å²) in [4.78, 5) is 30.5. The summed E-state index contributed by atoms with van der Waals surface area (Å²) in [5.41, 5.74) is -0.0964. The number of esters is 1. The van der Waals surface area contributed by atoms with Crippen molar-refractivity contribution in [3.8, 4) is 0 Å². The van der Waals surface area contributed by atoms with Crippen molar-refractivity contribution in [2.45, 2.75) is 110 Å². The first-order valence-corrected chi connectivity index (χ1v) is 13.7. The van der Waals surface area contributed by atoms with Crippen LogP contribution >= 0.6 is 11.3 Å². The van der Waals surface area contributed by atoms with Crippen LogP contribution in [0.5, 0.6) is 0 Å². The first-order chi connectivity index (χ1) is 16.8. The van der Waals surface area contributed by atoms with E-state index in [2.05, 4.69) is 4.98 Å². The van der Waals surface area contributed by atoms with Crippen molar-refractivity contribution in [3.63, 3.8) is 0 Å². The van der Waals surface area contributed by atoms with E-state index in [9.17, 15) is 24.9 Å². The fourth-order valence-corrected chi connectivity index (χ4v) is 5.69. The van der Waals surface area contributed by atoms with Crippen molar-refractivity contribution in [2.24, 2.45) is 17.3 Å². The van der Waals surface area contributed by atoms with Crippen LogP contribution in [-0.4, -0.2) is 62.1 Å². The quantitative estimate of drug-likeness (QED) is 0.404. The lowest BCUT2D eigenvalue weighted by Crippen LogP contribution is -2.45. The molecule has 3 rings (SSSR count). The Labute approximate surface area is 217 Å². The molecule has 202 valence electrons. The molecule has 0 aliphatic carbocycles. The number of carbonyl (C=O) groups excluding carboxylic acids is 2. The summed E-state index contributed by atoms with van der Waals surface area (Å²) in [6.07, 6.45) is 1.60. The Kier molecular flexibility index (Phi) is 9.15. The molecule has 2 saturated heterocycles. The van der Waals surface area contributed by atoms with E-state index in [0.717, 1.165) is 24.8 Å². The molecule has 36 heavy (non-hydrogen) atoms. The van der Waals surface area contributed by atoms with Gasteiger partial charge in [0.25, 0.3) is 0 Å². The number of ketones is 1. The Bertz CT molecular complexity index is 973. The zero-order valence-electron chi connectivity index (χ0n) is 22.2. The number of thiazole rings is 1. The molecule has 1 aromatic rings. The van der Waals surface area contributed by atoms with Gasteiger partial charge in [0.2, 0.25) is 0 Å². The standard InChI is InChI=1S/C27H41NO7S/c1-15-8-7-9-27(6)21(35-27)11-19(16(2)10-18-14-36-22(13-29)28-18)34-23(31)12-20(30)26(4,5)25(33)17(3)24(15)32/h10,14-15,17,19-21,24,29-30,32H,7-9,11-13H2,1-6H3/b16-10+/t15-,17+,19-,20-,21+,24-,27-/m0/s1. The molecule has 0 spiro atoms. The van der Waals surface area contributed by atoms with Crippen molar-refractivity contribution in [1.82, 2.24) is 4.98 Å². The summed E-state index contributed by atoms with van der Waals surface area (Å²) >= 11 is 1.35. The molecule has 0 unspecified atom stereocenters. The minimum Gasteiger partial charge on any atom is -0.458 e. The molecule has 2 aliphatic rings. The molecule has 1 aromatic heterocycles. The van der Waals surface area contributed by atoms with Gasteiger partial charge >= 0.3 is 5.97 Å². The summed E-state index contributed by atoms with van der Waals surface area (Å²) in [5.74, 6) is -1.64. The van der Waals surface area contributed by atoms with Gasteiger partial charge in [-0.1, -0.05) is 34.1 Å². The molecular weight excluding hydrogens is 482 g/mol. The number of hydrogen-bond donors (Lipinski definition) is 3. The second-order valence-corrected chi connectivity index (χ2v) is 12.2. The first kappa shape index (κ1) is 28.9. The molecule has 8 nitrogen and oxygen atoms in total. The number of cyclic esters (lactones) is 1. The van der Waals surface area contributed by atoms with Gasteiger partial charge in [-0.15, -0.1) is 11.3 Å². The minimum atomic E-state index is -1.26. The second kappa shape index (κ2) is 11.4. The van der Waals surface area contributed by atoms with Gasteiger partial charge in [0.05, 0.1) is 48.0 Å². The van der Waals surface area contributed by atoms with Gasteiger partial charge in [0.15, 0.2) is 0 Å². The monoisotopic (exact) mass is 523 g/mol. The Morgan fingerprint density at radius 1 is 1.25 bits per heavy atom. The minimum absolute atomic E-state index is 0.0860. The van der Waals surface area contributed by atoms with Gasteiger partial charge in [-0.25, -0.2) is 4.98 Å². The highest BCUT2D eigenvalue weighted by atomic mass is 32.1. The molecule has 9 heteroatoms. The van der Waals surface area contributed by atoms with Crippen LogP contribution in [0, 0.1) is 17.3 Å². The number of aliphatic hydroxyl groups is 3. The molecule has 3 heterocycles. The molecule has 0 radical (unpaired) electrons. The highest BCUT2D eigenvalue weighted by Gasteiger charge is 2.53. The van der Waals surface area contributed by atoms with Gasteiger partial charge in [-0.05, 0) is 44.3 Å². The van der Waals surface area contributed by atoms with Crippen molar-refractivity contribution in [3.05, 3.63) is 21.7 Å². The predicted octanol–water partition coefficient (Wildman–Crippen LogP) is 3.66.